The van der Waals surface area contributed by atoms with E-state index in [9.17, 15) is 4.79 Å². The lowest BCUT2D eigenvalue weighted by atomic mass is 10.1. The van der Waals surface area contributed by atoms with Crippen LogP contribution in [0.3, 0.4) is 0 Å². The van der Waals surface area contributed by atoms with Crippen molar-refractivity contribution >= 4 is 46.3 Å². The second-order valence-electron chi connectivity index (χ2n) is 2.42. The number of aliphatic carboxylic acids is 1. The first-order chi connectivity index (χ1) is 6.54. The lowest BCUT2D eigenvalue weighted by Crippen LogP contribution is -2.00. The number of carboxylic acid groups (broad SMARTS) is 1. The third-order valence-corrected chi connectivity index (χ3v) is 2.25. The summed E-state index contributed by atoms with van der Waals surface area (Å²) < 4.78 is -0.314. The van der Waals surface area contributed by atoms with E-state index < -0.39 is 5.97 Å². The van der Waals surface area contributed by atoms with Crippen molar-refractivity contribution in [2.75, 3.05) is 0 Å². The van der Waals surface area contributed by atoms with E-state index in [1.807, 2.05) is 0 Å². The monoisotopic (exact) mass is 250 g/mol. The zero-order chi connectivity index (χ0) is 10.7. The van der Waals surface area contributed by atoms with Gasteiger partial charge in [-0.3, -0.25) is 0 Å². The Balaban J connectivity index is 3.35. The molecule has 14 heavy (non-hydrogen) atoms. The van der Waals surface area contributed by atoms with Crippen LogP contribution in [0, 0.1) is 0 Å². The molecule has 0 aliphatic rings. The third-order valence-electron chi connectivity index (χ3n) is 1.55. The summed E-state index contributed by atoms with van der Waals surface area (Å²) in [7, 11) is 0. The Kier molecular flexibility index (Phi) is 3.81. The quantitative estimate of drug-likeness (QED) is 0.816. The Morgan fingerprint density at radius 1 is 1.21 bits per heavy atom. The summed E-state index contributed by atoms with van der Waals surface area (Å²) in [6, 6.07) is 6.45. The van der Waals surface area contributed by atoms with Crippen molar-refractivity contribution in [2.24, 2.45) is 0 Å². The van der Waals surface area contributed by atoms with Gasteiger partial charge in [-0.1, -0.05) is 53.0 Å². The Hall–Kier alpha value is -0.700. The maximum absolute atomic E-state index is 10.8. The topological polar surface area (TPSA) is 37.3 Å². The molecule has 0 saturated carbocycles. The van der Waals surface area contributed by atoms with Gasteiger partial charge in [-0.05, 0) is 6.07 Å². The first-order valence-corrected chi connectivity index (χ1v) is 4.71. The molecule has 1 rings (SSSR count). The molecule has 0 saturated heterocycles. The highest BCUT2D eigenvalue weighted by Gasteiger charge is 2.16. The van der Waals surface area contributed by atoms with Crippen LogP contribution in [-0.4, -0.2) is 11.1 Å². The fraction of sp³-hybridized carbons (Fsp3) is 0. The van der Waals surface area contributed by atoms with Gasteiger partial charge in [-0.2, -0.15) is 0 Å². The minimum Gasteiger partial charge on any atom is -0.478 e. The number of hydrogen-bond acceptors (Lipinski definition) is 1. The molecule has 0 bridgehead atoms. The lowest BCUT2D eigenvalue weighted by molar-refractivity contribution is -0.130. The number of carbonyl (C=O) groups is 1. The zero-order valence-electron chi connectivity index (χ0n) is 6.80. The molecule has 0 fully saturated rings. The minimum atomic E-state index is -1.21. The Morgan fingerprint density at radius 3 is 2.21 bits per heavy atom. The van der Waals surface area contributed by atoms with Crippen LogP contribution in [0.1, 0.15) is 5.56 Å². The van der Waals surface area contributed by atoms with Crippen LogP contribution >= 0.6 is 34.8 Å². The summed E-state index contributed by atoms with van der Waals surface area (Å²) in [4.78, 5) is 10.8. The second kappa shape index (κ2) is 4.69. The largest absolute Gasteiger partial charge is 0.478 e. The van der Waals surface area contributed by atoms with Gasteiger partial charge in [0.25, 0.3) is 0 Å². The summed E-state index contributed by atoms with van der Waals surface area (Å²) in [5, 5.41) is 9.13. The normalized spacial score (nSPS) is 9.64. The van der Waals surface area contributed by atoms with Crippen molar-refractivity contribution < 1.29 is 9.90 Å². The van der Waals surface area contributed by atoms with E-state index in [0.717, 1.165) is 0 Å². The molecule has 0 spiro atoms. The molecule has 0 aliphatic carbocycles. The highest BCUT2D eigenvalue weighted by molar-refractivity contribution is 6.61. The van der Waals surface area contributed by atoms with Gasteiger partial charge < -0.3 is 5.11 Å². The summed E-state index contributed by atoms with van der Waals surface area (Å²) >= 11 is 16.7. The molecule has 0 radical (unpaired) electrons. The maximum Gasteiger partial charge on any atom is 0.338 e. The second-order valence-corrected chi connectivity index (χ2v) is 3.78. The van der Waals surface area contributed by atoms with E-state index in [1.165, 1.54) is 6.07 Å². The van der Waals surface area contributed by atoms with E-state index in [0.29, 0.717) is 10.6 Å². The summed E-state index contributed by atoms with van der Waals surface area (Å²) in [5.41, 5.74) is 0.112. The molecule has 1 N–H and O–H groups in total. The smallest absolute Gasteiger partial charge is 0.338 e. The summed E-state index contributed by atoms with van der Waals surface area (Å²) in [5.74, 6) is -1.21. The van der Waals surface area contributed by atoms with Crippen molar-refractivity contribution in [3.63, 3.8) is 0 Å². The van der Waals surface area contributed by atoms with E-state index >= 15 is 0 Å². The van der Waals surface area contributed by atoms with Crippen molar-refractivity contribution in [3.8, 4) is 0 Å². The first-order valence-electron chi connectivity index (χ1n) is 3.57. The van der Waals surface area contributed by atoms with Crippen LogP contribution in [0.15, 0.2) is 28.8 Å². The first kappa shape index (κ1) is 11.4. The van der Waals surface area contributed by atoms with E-state index in [4.69, 9.17) is 39.9 Å². The van der Waals surface area contributed by atoms with Crippen molar-refractivity contribution in [2.45, 2.75) is 0 Å². The van der Waals surface area contributed by atoms with Crippen molar-refractivity contribution in [1.29, 1.82) is 0 Å². The van der Waals surface area contributed by atoms with Crippen LogP contribution in [0.2, 0.25) is 5.02 Å². The number of hydrogen-bond donors (Lipinski definition) is 1. The molecule has 0 aliphatic heterocycles. The molecule has 1 aromatic rings. The predicted octanol–water partition coefficient (Wildman–Crippen LogP) is 3.57. The van der Waals surface area contributed by atoms with Gasteiger partial charge in [0, 0.05) is 10.6 Å². The standard InChI is InChI=1S/C9H5Cl3O2/c10-6-4-2-1-3-5(6)7(8(11)12)9(13)14/h1-4H,(H,13,14). The van der Waals surface area contributed by atoms with Crippen LogP contribution in [0.5, 0.6) is 0 Å². The average Bonchev–Trinajstić information content (AvgIpc) is 2.07. The molecule has 5 heteroatoms. The molecule has 0 amide bonds. The van der Waals surface area contributed by atoms with E-state index in [1.54, 1.807) is 18.2 Å². The molecule has 0 aromatic heterocycles. The van der Waals surface area contributed by atoms with Crippen LogP contribution < -0.4 is 0 Å². The summed E-state index contributed by atoms with van der Waals surface area (Å²) in [6.45, 7) is 0. The zero-order valence-corrected chi connectivity index (χ0v) is 9.07. The van der Waals surface area contributed by atoms with Gasteiger partial charge in [-0.15, -0.1) is 0 Å². The van der Waals surface area contributed by atoms with Crippen LogP contribution in [-0.2, 0) is 4.79 Å². The number of halogens is 3. The number of rotatable bonds is 2. The van der Waals surface area contributed by atoms with Gasteiger partial charge in [0.05, 0.1) is 5.57 Å². The van der Waals surface area contributed by atoms with Crippen molar-refractivity contribution in [3.05, 3.63) is 39.3 Å². The molecule has 74 valence electrons. The highest BCUT2D eigenvalue weighted by Crippen LogP contribution is 2.29. The van der Waals surface area contributed by atoms with Gasteiger partial charge in [-0.25, -0.2) is 4.79 Å². The summed E-state index contributed by atoms with van der Waals surface area (Å²) in [6.07, 6.45) is 0. The van der Waals surface area contributed by atoms with Gasteiger partial charge in [0.1, 0.15) is 4.49 Å². The Labute approximate surface area is 95.7 Å². The van der Waals surface area contributed by atoms with Gasteiger partial charge in [0.15, 0.2) is 0 Å². The van der Waals surface area contributed by atoms with Gasteiger partial charge in [0.2, 0.25) is 0 Å². The molecule has 0 heterocycles. The molecular formula is C9H5Cl3O2. The Bertz CT molecular complexity index is 395. The Morgan fingerprint density at radius 2 is 1.79 bits per heavy atom. The lowest BCUT2D eigenvalue weighted by Gasteiger charge is -2.04. The molecule has 0 unspecified atom stereocenters. The molecule has 2 nitrogen and oxygen atoms in total. The SMILES string of the molecule is O=C(O)C(=C(Cl)Cl)c1ccccc1Cl. The highest BCUT2D eigenvalue weighted by atomic mass is 35.5. The predicted molar refractivity (Wildman–Crippen MR) is 57.7 cm³/mol. The fourth-order valence-corrected chi connectivity index (χ4v) is 1.56. The number of benzene rings is 1. The fourth-order valence-electron chi connectivity index (χ4n) is 0.962. The average molecular weight is 251 g/mol. The van der Waals surface area contributed by atoms with Crippen molar-refractivity contribution in [1.82, 2.24) is 0 Å². The molecule has 1 aromatic carbocycles. The maximum atomic E-state index is 10.8. The minimum absolute atomic E-state index is 0.195. The molecule has 0 atom stereocenters. The number of carboxylic acids is 1. The van der Waals surface area contributed by atoms with E-state index in [-0.39, 0.29) is 10.1 Å². The van der Waals surface area contributed by atoms with Gasteiger partial charge >= 0.3 is 5.97 Å². The molecular weight excluding hydrogens is 246 g/mol. The van der Waals surface area contributed by atoms with Crippen LogP contribution in [0.25, 0.3) is 5.57 Å². The van der Waals surface area contributed by atoms with Crippen LogP contribution in [0.4, 0.5) is 0 Å². The van der Waals surface area contributed by atoms with E-state index in [2.05, 4.69) is 0 Å². The third kappa shape index (κ3) is 2.41.